The molecule has 0 fully saturated rings. The van der Waals surface area contributed by atoms with Gasteiger partial charge in [0.25, 0.3) is 0 Å². The Morgan fingerprint density at radius 3 is 2.58 bits per heavy atom. The molecular formula is C17H17BrFN5. The number of nitrogens with one attached hydrogen (secondary N) is 1. The SMILES string of the molecule is CC[C@@H](c1ccc(-c2n[nH]cc2F)nc1)N(C)c1ccc(Br)cn1. The summed E-state index contributed by atoms with van der Waals surface area (Å²) in [5.41, 5.74) is 1.79. The van der Waals surface area contributed by atoms with Crippen LogP contribution < -0.4 is 4.90 Å². The van der Waals surface area contributed by atoms with Gasteiger partial charge in [0.1, 0.15) is 11.5 Å². The van der Waals surface area contributed by atoms with E-state index >= 15 is 0 Å². The summed E-state index contributed by atoms with van der Waals surface area (Å²) in [5.74, 6) is 0.478. The molecule has 0 saturated carbocycles. The molecule has 0 aromatic carbocycles. The lowest BCUT2D eigenvalue weighted by atomic mass is 10.0. The third-order valence-electron chi connectivity index (χ3n) is 3.93. The van der Waals surface area contributed by atoms with Crippen LogP contribution >= 0.6 is 15.9 Å². The maximum absolute atomic E-state index is 13.6. The minimum absolute atomic E-state index is 0.129. The molecule has 1 N–H and O–H groups in total. The van der Waals surface area contributed by atoms with Gasteiger partial charge in [-0.3, -0.25) is 10.1 Å². The molecule has 1 atom stereocenters. The van der Waals surface area contributed by atoms with Gasteiger partial charge in [-0.2, -0.15) is 5.10 Å². The monoisotopic (exact) mass is 389 g/mol. The summed E-state index contributed by atoms with van der Waals surface area (Å²) in [6.07, 6.45) is 5.66. The van der Waals surface area contributed by atoms with Gasteiger partial charge in [0, 0.05) is 23.9 Å². The third-order valence-corrected chi connectivity index (χ3v) is 4.40. The minimum Gasteiger partial charge on any atom is -0.353 e. The van der Waals surface area contributed by atoms with E-state index in [2.05, 4.69) is 47.9 Å². The van der Waals surface area contributed by atoms with Gasteiger partial charge in [0.2, 0.25) is 0 Å². The quantitative estimate of drug-likeness (QED) is 0.704. The summed E-state index contributed by atoms with van der Waals surface area (Å²) in [6, 6.07) is 7.81. The standard InChI is InChI=1S/C17H17BrFN5/c1-3-15(24(2)16-7-5-12(18)9-21-16)11-4-6-14(20-8-11)17-13(19)10-22-23-17/h4-10,15H,3H2,1-2H3,(H,22,23)/t15-/m0/s1. The van der Waals surface area contributed by atoms with Crippen molar-refractivity contribution in [1.29, 1.82) is 0 Å². The van der Waals surface area contributed by atoms with Crippen LogP contribution in [0.25, 0.3) is 11.4 Å². The Bertz CT molecular complexity index is 801. The zero-order valence-electron chi connectivity index (χ0n) is 13.4. The second-order valence-corrected chi connectivity index (χ2v) is 6.34. The molecule has 3 aromatic heterocycles. The van der Waals surface area contributed by atoms with Gasteiger partial charge in [-0.1, -0.05) is 13.0 Å². The van der Waals surface area contributed by atoms with E-state index in [9.17, 15) is 4.39 Å². The Kier molecular flexibility index (Phi) is 4.89. The maximum atomic E-state index is 13.6. The largest absolute Gasteiger partial charge is 0.353 e. The minimum atomic E-state index is -0.404. The molecule has 0 spiro atoms. The lowest BCUT2D eigenvalue weighted by molar-refractivity contribution is 0.630. The van der Waals surface area contributed by atoms with Gasteiger partial charge in [-0.05, 0) is 46.1 Å². The van der Waals surface area contributed by atoms with Gasteiger partial charge < -0.3 is 4.90 Å². The zero-order valence-corrected chi connectivity index (χ0v) is 15.0. The van der Waals surface area contributed by atoms with Crippen molar-refractivity contribution in [1.82, 2.24) is 20.2 Å². The summed E-state index contributed by atoms with van der Waals surface area (Å²) >= 11 is 3.40. The van der Waals surface area contributed by atoms with Crippen molar-refractivity contribution in [2.24, 2.45) is 0 Å². The summed E-state index contributed by atoms with van der Waals surface area (Å²) in [6.45, 7) is 2.11. The number of aromatic amines is 1. The molecule has 5 nitrogen and oxygen atoms in total. The van der Waals surface area contributed by atoms with Crippen LogP contribution in [-0.2, 0) is 0 Å². The molecule has 3 aromatic rings. The number of hydrogen-bond donors (Lipinski definition) is 1. The Hall–Kier alpha value is -2.28. The third kappa shape index (κ3) is 3.31. The number of H-pyrrole nitrogens is 1. The number of hydrogen-bond acceptors (Lipinski definition) is 4. The fourth-order valence-corrected chi connectivity index (χ4v) is 2.90. The van der Waals surface area contributed by atoms with Crippen LogP contribution in [0.3, 0.4) is 0 Å². The highest BCUT2D eigenvalue weighted by molar-refractivity contribution is 9.10. The average molecular weight is 390 g/mol. The van der Waals surface area contributed by atoms with E-state index in [0.717, 1.165) is 22.3 Å². The van der Waals surface area contributed by atoms with E-state index < -0.39 is 5.82 Å². The van der Waals surface area contributed by atoms with Crippen LogP contribution in [0.15, 0.2) is 47.3 Å². The lowest BCUT2D eigenvalue weighted by Gasteiger charge is -2.28. The highest BCUT2D eigenvalue weighted by atomic mass is 79.9. The first-order valence-electron chi connectivity index (χ1n) is 7.60. The molecule has 3 heterocycles. The number of nitrogens with zero attached hydrogens (tertiary/aromatic N) is 4. The van der Waals surface area contributed by atoms with E-state index in [4.69, 9.17) is 0 Å². The van der Waals surface area contributed by atoms with Gasteiger partial charge in [0.05, 0.1) is 17.9 Å². The van der Waals surface area contributed by atoms with E-state index in [0.29, 0.717) is 5.69 Å². The fraction of sp³-hybridized carbons (Fsp3) is 0.235. The molecule has 0 amide bonds. The Balaban J connectivity index is 1.85. The molecular weight excluding hydrogens is 373 g/mol. The average Bonchev–Trinajstić information content (AvgIpc) is 3.03. The highest BCUT2D eigenvalue weighted by Crippen LogP contribution is 2.28. The number of anilines is 1. The molecule has 3 rings (SSSR count). The van der Waals surface area contributed by atoms with Crippen molar-refractivity contribution in [2.75, 3.05) is 11.9 Å². The normalized spacial score (nSPS) is 12.2. The van der Waals surface area contributed by atoms with Gasteiger partial charge in [-0.15, -0.1) is 0 Å². The zero-order chi connectivity index (χ0) is 17.1. The molecule has 0 bridgehead atoms. The van der Waals surface area contributed by atoms with Crippen molar-refractivity contribution in [3.63, 3.8) is 0 Å². The first-order valence-corrected chi connectivity index (χ1v) is 8.39. The first-order chi connectivity index (χ1) is 11.6. The van der Waals surface area contributed by atoms with Crippen molar-refractivity contribution in [2.45, 2.75) is 19.4 Å². The number of rotatable bonds is 5. The Labute approximate surface area is 148 Å². The maximum Gasteiger partial charge on any atom is 0.170 e. The summed E-state index contributed by atoms with van der Waals surface area (Å²) < 4.78 is 14.5. The Morgan fingerprint density at radius 2 is 2.04 bits per heavy atom. The summed E-state index contributed by atoms with van der Waals surface area (Å²) in [5, 5.41) is 6.39. The van der Waals surface area contributed by atoms with Crippen LogP contribution in [0.4, 0.5) is 10.2 Å². The smallest absolute Gasteiger partial charge is 0.170 e. The van der Waals surface area contributed by atoms with Crippen LogP contribution in [-0.4, -0.2) is 27.2 Å². The topological polar surface area (TPSA) is 57.7 Å². The van der Waals surface area contributed by atoms with Crippen molar-refractivity contribution >= 4 is 21.7 Å². The second-order valence-electron chi connectivity index (χ2n) is 5.43. The molecule has 0 aliphatic heterocycles. The fourth-order valence-electron chi connectivity index (χ4n) is 2.67. The van der Waals surface area contributed by atoms with E-state index in [-0.39, 0.29) is 11.7 Å². The number of aromatic nitrogens is 4. The Morgan fingerprint density at radius 1 is 1.21 bits per heavy atom. The molecule has 0 saturated heterocycles. The lowest BCUT2D eigenvalue weighted by Crippen LogP contribution is -2.24. The molecule has 124 valence electrons. The summed E-state index contributed by atoms with van der Waals surface area (Å²) in [7, 11) is 2.01. The predicted octanol–water partition coefficient (Wildman–Crippen LogP) is 4.36. The molecule has 0 unspecified atom stereocenters. The highest BCUT2D eigenvalue weighted by Gasteiger charge is 2.18. The van der Waals surface area contributed by atoms with Crippen LogP contribution in [0.2, 0.25) is 0 Å². The van der Waals surface area contributed by atoms with E-state index in [1.165, 1.54) is 6.20 Å². The van der Waals surface area contributed by atoms with Crippen LogP contribution in [0, 0.1) is 5.82 Å². The van der Waals surface area contributed by atoms with Gasteiger partial charge in [-0.25, -0.2) is 9.37 Å². The molecule has 0 aliphatic carbocycles. The van der Waals surface area contributed by atoms with Crippen molar-refractivity contribution < 1.29 is 4.39 Å². The molecule has 24 heavy (non-hydrogen) atoms. The van der Waals surface area contributed by atoms with E-state index in [1.807, 2.05) is 25.2 Å². The molecule has 7 heteroatoms. The van der Waals surface area contributed by atoms with Crippen molar-refractivity contribution in [3.05, 3.63) is 58.7 Å². The first kappa shape index (κ1) is 16.6. The molecule has 0 radical (unpaired) electrons. The van der Waals surface area contributed by atoms with Crippen LogP contribution in [0.5, 0.6) is 0 Å². The predicted molar refractivity (Wildman–Crippen MR) is 95.1 cm³/mol. The van der Waals surface area contributed by atoms with Gasteiger partial charge >= 0.3 is 0 Å². The number of pyridine rings is 2. The van der Waals surface area contributed by atoms with Crippen molar-refractivity contribution in [3.8, 4) is 11.4 Å². The van der Waals surface area contributed by atoms with Gasteiger partial charge in [0.15, 0.2) is 5.82 Å². The second kappa shape index (κ2) is 7.09. The van der Waals surface area contributed by atoms with E-state index in [1.54, 1.807) is 18.5 Å². The summed E-state index contributed by atoms with van der Waals surface area (Å²) in [4.78, 5) is 10.9. The number of halogens is 2. The molecule has 0 aliphatic rings. The van der Waals surface area contributed by atoms with Crippen LogP contribution in [0.1, 0.15) is 24.9 Å².